The second kappa shape index (κ2) is 5.17. The molecule has 116 valence electrons. The number of ketones is 1. The summed E-state index contributed by atoms with van der Waals surface area (Å²) in [6, 6.07) is 15.8. The molecule has 0 saturated heterocycles. The average molecular weight is 316 g/mol. The Balaban J connectivity index is 2.00. The van der Waals surface area contributed by atoms with Crippen molar-refractivity contribution < 1.29 is 9.18 Å². The number of nitrogens with zero attached hydrogens (tertiary/aromatic N) is 1. The lowest BCUT2D eigenvalue weighted by molar-refractivity contribution is 0.103. The number of hydrogen-bond acceptors (Lipinski definition) is 3. The number of carbonyl (C=O) groups is 1. The van der Waals surface area contributed by atoms with Crippen LogP contribution in [0.4, 0.5) is 4.39 Å². The van der Waals surface area contributed by atoms with Crippen molar-refractivity contribution in [2.24, 2.45) is 0 Å². The minimum absolute atomic E-state index is 0.151. The Morgan fingerprint density at radius 3 is 2.46 bits per heavy atom. The zero-order chi connectivity index (χ0) is 16.8. The minimum atomic E-state index is -0.688. The maximum absolute atomic E-state index is 14.4. The van der Waals surface area contributed by atoms with Gasteiger partial charge in [-0.25, -0.2) is 4.39 Å². The molecular weight excluding hydrogens is 303 g/mol. The van der Waals surface area contributed by atoms with Crippen molar-refractivity contribution in [3.8, 4) is 6.07 Å². The summed E-state index contributed by atoms with van der Waals surface area (Å²) in [4.78, 5) is 12.9. The van der Waals surface area contributed by atoms with E-state index in [0.717, 1.165) is 5.56 Å². The van der Waals surface area contributed by atoms with Gasteiger partial charge in [-0.15, -0.1) is 0 Å². The van der Waals surface area contributed by atoms with Crippen molar-refractivity contribution in [1.82, 2.24) is 5.32 Å². The van der Waals surface area contributed by atoms with Crippen molar-refractivity contribution in [1.29, 1.82) is 5.26 Å². The molecule has 0 unspecified atom stereocenters. The fourth-order valence-corrected chi connectivity index (χ4v) is 3.50. The maximum Gasteiger partial charge on any atom is 0.192 e. The summed E-state index contributed by atoms with van der Waals surface area (Å²) in [7, 11) is 0. The fraction of sp³-hybridized carbons (Fsp3) is 0.100. The SMILES string of the molecule is CC1=C(C#N)[C@@H](c2ccccc2F)C2=C(N1)c1ccccc1C2=O. The fourth-order valence-electron chi connectivity index (χ4n) is 3.50. The smallest absolute Gasteiger partial charge is 0.192 e. The number of Topliss-reactive ketones (excluding diaryl/α,β-unsaturated/α-hetero) is 1. The van der Waals surface area contributed by atoms with E-state index in [4.69, 9.17) is 0 Å². The van der Waals surface area contributed by atoms with E-state index < -0.39 is 11.7 Å². The topological polar surface area (TPSA) is 52.9 Å². The molecule has 0 bridgehead atoms. The van der Waals surface area contributed by atoms with Gasteiger partial charge in [0.05, 0.1) is 23.3 Å². The molecule has 0 fully saturated rings. The highest BCUT2D eigenvalue weighted by atomic mass is 19.1. The molecule has 3 nitrogen and oxygen atoms in total. The van der Waals surface area contributed by atoms with Crippen molar-refractivity contribution in [3.63, 3.8) is 0 Å². The summed E-state index contributed by atoms with van der Waals surface area (Å²) in [5.74, 6) is -1.26. The van der Waals surface area contributed by atoms with Gasteiger partial charge >= 0.3 is 0 Å². The van der Waals surface area contributed by atoms with Gasteiger partial charge < -0.3 is 5.32 Å². The lowest BCUT2D eigenvalue weighted by atomic mass is 9.80. The predicted molar refractivity (Wildman–Crippen MR) is 88.3 cm³/mol. The van der Waals surface area contributed by atoms with E-state index in [1.54, 1.807) is 37.3 Å². The predicted octanol–water partition coefficient (Wildman–Crippen LogP) is 3.92. The Morgan fingerprint density at radius 1 is 1.08 bits per heavy atom. The van der Waals surface area contributed by atoms with E-state index in [9.17, 15) is 14.4 Å². The van der Waals surface area contributed by atoms with Crippen LogP contribution >= 0.6 is 0 Å². The third kappa shape index (κ3) is 1.85. The Bertz CT molecular complexity index is 995. The molecule has 1 atom stereocenters. The van der Waals surface area contributed by atoms with Gasteiger partial charge in [-0.1, -0.05) is 42.5 Å². The lowest BCUT2D eigenvalue weighted by Gasteiger charge is -2.27. The van der Waals surface area contributed by atoms with Crippen LogP contribution in [-0.2, 0) is 0 Å². The van der Waals surface area contributed by atoms with Crippen molar-refractivity contribution >= 4 is 11.5 Å². The highest BCUT2D eigenvalue weighted by Crippen LogP contribution is 2.46. The van der Waals surface area contributed by atoms with E-state index in [2.05, 4.69) is 11.4 Å². The van der Waals surface area contributed by atoms with Gasteiger partial charge in [-0.05, 0) is 13.0 Å². The summed E-state index contributed by atoms with van der Waals surface area (Å²) >= 11 is 0. The molecule has 24 heavy (non-hydrogen) atoms. The molecule has 1 aliphatic heterocycles. The second-order valence-electron chi connectivity index (χ2n) is 5.89. The van der Waals surface area contributed by atoms with Crippen LogP contribution in [0.3, 0.4) is 0 Å². The monoisotopic (exact) mass is 316 g/mol. The molecule has 1 aliphatic carbocycles. The Kier molecular flexibility index (Phi) is 3.10. The van der Waals surface area contributed by atoms with Crippen molar-refractivity contribution in [2.45, 2.75) is 12.8 Å². The Hall–Kier alpha value is -3.19. The molecule has 0 spiro atoms. The number of carbonyl (C=O) groups excluding carboxylic acids is 1. The maximum atomic E-state index is 14.4. The summed E-state index contributed by atoms with van der Waals surface area (Å²) in [5.41, 5.74) is 3.89. The summed E-state index contributed by atoms with van der Waals surface area (Å²) in [6.07, 6.45) is 0. The van der Waals surface area contributed by atoms with Crippen LogP contribution in [0.25, 0.3) is 5.70 Å². The third-order valence-corrected chi connectivity index (χ3v) is 4.59. The van der Waals surface area contributed by atoms with Crippen molar-refractivity contribution in [3.05, 3.63) is 87.9 Å². The van der Waals surface area contributed by atoms with Crippen LogP contribution in [0.15, 0.2) is 65.4 Å². The van der Waals surface area contributed by atoms with Crippen molar-refractivity contribution in [2.75, 3.05) is 0 Å². The molecule has 1 N–H and O–H groups in total. The molecule has 1 heterocycles. The van der Waals surface area contributed by atoms with E-state index in [0.29, 0.717) is 33.7 Å². The highest BCUT2D eigenvalue weighted by molar-refractivity contribution is 6.22. The van der Waals surface area contributed by atoms with Gasteiger partial charge in [0.2, 0.25) is 0 Å². The number of dihydropyridines is 1. The van der Waals surface area contributed by atoms with Gasteiger partial charge in [0.15, 0.2) is 5.78 Å². The number of fused-ring (bicyclic) bond motifs is 2. The lowest BCUT2D eigenvalue weighted by Crippen LogP contribution is -2.24. The molecule has 4 heteroatoms. The van der Waals surface area contributed by atoms with Crippen LogP contribution in [0.1, 0.15) is 34.3 Å². The molecule has 2 aromatic carbocycles. The van der Waals surface area contributed by atoms with Crippen LogP contribution < -0.4 is 5.32 Å². The van der Waals surface area contributed by atoms with Gasteiger partial charge in [-0.2, -0.15) is 5.26 Å². The second-order valence-corrected chi connectivity index (χ2v) is 5.89. The van der Waals surface area contributed by atoms with Crippen LogP contribution in [0, 0.1) is 17.1 Å². The highest BCUT2D eigenvalue weighted by Gasteiger charge is 2.41. The number of nitrogens with one attached hydrogen (secondary N) is 1. The number of nitriles is 1. The number of allylic oxidation sites excluding steroid dienone is 3. The first-order valence-corrected chi connectivity index (χ1v) is 7.64. The van der Waals surface area contributed by atoms with E-state index in [1.807, 2.05) is 12.1 Å². The summed E-state index contributed by atoms with van der Waals surface area (Å²) < 4.78 is 14.4. The van der Waals surface area contributed by atoms with Crippen LogP contribution in [-0.4, -0.2) is 5.78 Å². The summed E-state index contributed by atoms with van der Waals surface area (Å²) in [6.45, 7) is 1.78. The van der Waals surface area contributed by atoms with Crippen LogP contribution in [0.2, 0.25) is 0 Å². The number of benzene rings is 2. The molecule has 0 radical (unpaired) electrons. The van der Waals surface area contributed by atoms with E-state index in [1.165, 1.54) is 6.07 Å². The first-order valence-electron chi connectivity index (χ1n) is 7.64. The molecule has 2 aliphatic rings. The molecular formula is C20H13FN2O. The van der Waals surface area contributed by atoms with Gasteiger partial charge in [0.25, 0.3) is 0 Å². The summed E-state index contributed by atoms with van der Waals surface area (Å²) in [5, 5.41) is 12.8. The van der Waals surface area contributed by atoms with E-state index >= 15 is 0 Å². The number of halogens is 1. The number of rotatable bonds is 1. The quantitative estimate of drug-likeness (QED) is 0.867. The third-order valence-electron chi connectivity index (χ3n) is 4.59. The first-order chi connectivity index (χ1) is 11.6. The standard InChI is InChI=1S/C20H13FN2O/c1-11-15(10-22)17(14-8-4-5-9-16(14)21)18-19(23-11)12-6-2-3-7-13(12)20(18)24/h2-9,17,23H,1H3/t17-/m1/s1. The normalized spacial score (nSPS) is 18.9. The van der Waals surface area contributed by atoms with Gasteiger partial charge in [0, 0.05) is 28.0 Å². The molecule has 0 saturated carbocycles. The van der Waals surface area contributed by atoms with Crippen LogP contribution in [0.5, 0.6) is 0 Å². The van der Waals surface area contributed by atoms with E-state index in [-0.39, 0.29) is 5.78 Å². The molecule has 0 aromatic heterocycles. The van der Waals surface area contributed by atoms with Gasteiger partial charge in [0.1, 0.15) is 5.82 Å². The zero-order valence-electron chi connectivity index (χ0n) is 12.9. The largest absolute Gasteiger partial charge is 0.357 e. The Morgan fingerprint density at radius 2 is 1.75 bits per heavy atom. The molecule has 4 rings (SSSR count). The minimum Gasteiger partial charge on any atom is -0.357 e. The number of hydrogen-bond donors (Lipinski definition) is 1. The van der Waals surface area contributed by atoms with Gasteiger partial charge in [-0.3, -0.25) is 4.79 Å². The zero-order valence-corrected chi connectivity index (χ0v) is 12.9. The average Bonchev–Trinajstić information content (AvgIpc) is 2.87. The Labute approximate surface area is 138 Å². The molecule has 0 amide bonds. The first kappa shape index (κ1) is 14.4. The molecule has 2 aromatic rings.